The van der Waals surface area contributed by atoms with Gasteiger partial charge in [0.15, 0.2) is 11.9 Å². The van der Waals surface area contributed by atoms with Crippen LogP contribution in [-0.2, 0) is 10.3 Å². The zero-order chi connectivity index (χ0) is 20.9. The quantitative estimate of drug-likeness (QED) is 0.650. The Bertz CT molecular complexity index is 1270. The van der Waals surface area contributed by atoms with Gasteiger partial charge in [-0.15, -0.1) is 0 Å². The van der Waals surface area contributed by atoms with E-state index < -0.39 is 5.54 Å². The number of nitrogens with two attached hydrogens (primary N) is 1. The van der Waals surface area contributed by atoms with Gasteiger partial charge in [0.2, 0.25) is 0 Å². The van der Waals surface area contributed by atoms with E-state index in [-0.39, 0.29) is 23.9 Å². The van der Waals surface area contributed by atoms with E-state index in [9.17, 15) is 4.39 Å². The van der Waals surface area contributed by atoms with Gasteiger partial charge in [0.1, 0.15) is 22.6 Å². The van der Waals surface area contributed by atoms with Crippen molar-refractivity contribution in [3.8, 4) is 17.6 Å². The van der Waals surface area contributed by atoms with Gasteiger partial charge in [-0.3, -0.25) is 0 Å². The number of halogens is 1. The van der Waals surface area contributed by atoms with E-state index in [0.717, 1.165) is 5.39 Å². The van der Waals surface area contributed by atoms with E-state index >= 15 is 0 Å². The van der Waals surface area contributed by atoms with Crippen molar-refractivity contribution < 1.29 is 13.9 Å². The summed E-state index contributed by atoms with van der Waals surface area (Å²) in [5.74, 6) is 6.49. The Morgan fingerprint density at radius 2 is 2.10 bits per heavy atom. The fraction of sp³-hybridized carbons (Fsp3) is 0.227. The van der Waals surface area contributed by atoms with Crippen molar-refractivity contribution in [2.75, 3.05) is 12.4 Å². The van der Waals surface area contributed by atoms with Crippen LogP contribution in [0.3, 0.4) is 0 Å². The normalized spacial score (nSPS) is 23.9. The summed E-state index contributed by atoms with van der Waals surface area (Å²) >= 11 is 0. The summed E-state index contributed by atoms with van der Waals surface area (Å²) in [5, 5.41) is 4.11. The van der Waals surface area contributed by atoms with Crippen molar-refractivity contribution in [2.24, 2.45) is 16.6 Å². The van der Waals surface area contributed by atoms with Crippen LogP contribution >= 0.6 is 0 Å². The molecule has 2 aromatic heterocycles. The van der Waals surface area contributed by atoms with Gasteiger partial charge in [0.25, 0.3) is 6.02 Å². The number of aliphatic imine (C=N–C) groups is 1. The molecule has 1 aliphatic carbocycles. The molecule has 0 fully saturated rings. The molecule has 3 atom stereocenters. The fourth-order valence-electron chi connectivity index (χ4n) is 3.82. The molecule has 1 aromatic carbocycles. The number of fused-ring (bicyclic) bond motifs is 2. The van der Waals surface area contributed by atoms with E-state index in [0.29, 0.717) is 28.3 Å². The van der Waals surface area contributed by atoms with Gasteiger partial charge in [0, 0.05) is 22.8 Å². The Labute approximate surface area is 172 Å². The highest BCUT2D eigenvalue weighted by atomic mass is 19.1. The molecule has 2 aliphatic rings. The average molecular weight is 403 g/mol. The standard InChI is InChI=1S/C22H18FN5O2/c1-22(15-4-6-18(15)30-21(24)28-22)16-10-13(3-5-17(16)23)27-20-19-12(7-8-25-20)9-14(29-2)11-26-19/h3,5,7-11,15,18H,1-2H3,(H2,24,28)(H,25,27). The fourth-order valence-corrected chi connectivity index (χ4v) is 3.82. The minimum absolute atomic E-state index is 0.0133. The summed E-state index contributed by atoms with van der Waals surface area (Å²) in [5.41, 5.74) is 6.59. The number of benzene rings is 1. The van der Waals surface area contributed by atoms with E-state index in [1.165, 1.54) is 6.07 Å². The first kappa shape index (κ1) is 18.2. The van der Waals surface area contributed by atoms with E-state index in [1.54, 1.807) is 31.6 Å². The predicted molar refractivity (Wildman–Crippen MR) is 111 cm³/mol. The third-order valence-corrected chi connectivity index (χ3v) is 5.46. The zero-order valence-electron chi connectivity index (χ0n) is 16.3. The topological polar surface area (TPSA) is 94.7 Å². The number of aromatic nitrogens is 2. The molecule has 150 valence electrons. The Kier molecular flexibility index (Phi) is 4.00. The number of ether oxygens (including phenoxy) is 2. The second kappa shape index (κ2) is 6.59. The van der Waals surface area contributed by atoms with Crippen molar-refractivity contribution in [1.82, 2.24) is 9.97 Å². The van der Waals surface area contributed by atoms with Gasteiger partial charge < -0.3 is 20.5 Å². The van der Waals surface area contributed by atoms with Crippen LogP contribution in [-0.4, -0.2) is 29.2 Å². The molecule has 0 amide bonds. The third kappa shape index (κ3) is 2.78. The first-order valence-corrected chi connectivity index (χ1v) is 9.37. The summed E-state index contributed by atoms with van der Waals surface area (Å²) < 4.78 is 25.5. The average Bonchev–Trinajstić information content (AvgIpc) is 2.71. The van der Waals surface area contributed by atoms with Gasteiger partial charge in [-0.25, -0.2) is 19.4 Å². The number of nitrogens with zero attached hydrogens (tertiary/aromatic N) is 3. The van der Waals surface area contributed by atoms with Crippen molar-refractivity contribution in [3.63, 3.8) is 0 Å². The highest BCUT2D eigenvalue weighted by molar-refractivity contribution is 5.90. The molecule has 0 spiro atoms. The maximum atomic E-state index is 14.9. The van der Waals surface area contributed by atoms with Crippen LogP contribution in [0.4, 0.5) is 15.9 Å². The second-order valence-corrected chi connectivity index (χ2v) is 7.33. The Hall–Kier alpha value is -3.86. The van der Waals surface area contributed by atoms with Crippen LogP contribution in [0.15, 0.2) is 47.7 Å². The number of hydrogen-bond donors (Lipinski definition) is 2. The van der Waals surface area contributed by atoms with Crippen molar-refractivity contribution >= 4 is 28.4 Å². The molecule has 3 unspecified atom stereocenters. The summed E-state index contributed by atoms with van der Waals surface area (Å²) in [7, 11) is 1.59. The van der Waals surface area contributed by atoms with Crippen molar-refractivity contribution in [3.05, 3.63) is 54.1 Å². The molecule has 7 nitrogen and oxygen atoms in total. The van der Waals surface area contributed by atoms with E-state index in [4.69, 9.17) is 15.2 Å². The van der Waals surface area contributed by atoms with Crippen molar-refractivity contribution in [2.45, 2.75) is 18.6 Å². The molecule has 30 heavy (non-hydrogen) atoms. The molecule has 1 aliphatic heterocycles. The molecular formula is C22H18FN5O2. The highest BCUT2D eigenvalue weighted by Crippen LogP contribution is 2.43. The molecule has 0 saturated carbocycles. The van der Waals surface area contributed by atoms with Crippen LogP contribution < -0.4 is 15.8 Å². The lowest BCUT2D eigenvalue weighted by Gasteiger charge is -2.41. The number of anilines is 2. The van der Waals surface area contributed by atoms with Crippen LogP contribution in [0.5, 0.6) is 5.75 Å². The minimum atomic E-state index is -0.947. The smallest absolute Gasteiger partial charge is 0.284 e. The SMILES string of the molecule is COc1cnc2c(Nc3ccc(F)c(C4(C)N=C(N)OC5C#CC54)c3)nccc2c1. The van der Waals surface area contributed by atoms with Gasteiger partial charge >= 0.3 is 0 Å². The number of pyridine rings is 2. The lowest BCUT2D eigenvalue weighted by Crippen LogP contribution is -2.50. The first-order chi connectivity index (χ1) is 14.5. The highest BCUT2D eigenvalue weighted by Gasteiger charge is 2.49. The molecule has 3 N–H and O–H groups in total. The summed E-state index contributed by atoms with van der Waals surface area (Å²) in [4.78, 5) is 13.2. The summed E-state index contributed by atoms with van der Waals surface area (Å²) in [6.45, 7) is 1.82. The van der Waals surface area contributed by atoms with Crippen LogP contribution in [0.2, 0.25) is 0 Å². The minimum Gasteiger partial charge on any atom is -0.495 e. The van der Waals surface area contributed by atoms with E-state index in [2.05, 4.69) is 32.1 Å². The molecule has 3 aromatic rings. The Morgan fingerprint density at radius 3 is 2.87 bits per heavy atom. The third-order valence-electron chi connectivity index (χ3n) is 5.46. The van der Waals surface area contributed by atoms with Crippen LogP contribution in [0.1, 0.15) is 12.5 Å². The molecule has 5 rings (SSSR count). The number of methoxy groups -OCH3 is 1. The number of hydrogen-bond acceptors (Lipinski definition) is 7. The molecular weight excluding hydrogens is 385 g/mol. The maximum absolute atomic E-state index is 14.9. The largest absolute Gasteiger partial charge is 0.495 e. The second-order valence-electron chi connectivity index (χ2n) is 7.33. The lowest BCUT2D eigenvalue weighted by molar-refractivity contribution is 0.107. The Balaban J connectivity index is 1.55. The molecule has 8 heteroatoms. The van der Waals surface area contributed by atoms with Gasteiger partial charge in [-0.05, 0) is 37.3 Å². The number of nitrogens with one attached hydrogen (secondary N) is 1. The summed E-state index contributed by atoms with van der Waals surface area (Å²) in [6.07, 6.45) is 2.93. The van der Waals surface area contributed by atoms with Gasteiger partial charge in [-0.1, -0.05) is 11.8 Å². The van der Waals surface area contributed by atoms with E-state index in [1.807, 2.05) is 19.1 Å². The van der Waals surface area contributed by atoms with Crippen LogP contribution in [0, 0.1) is 23.6 Å². The lowest BCUT2D eigenvalue weighted by atomic mass is 9.72. The first-order valence-electron chi connectivity index (χ1n) is 9.37. The molecule has 3 heterocycles. The zero-order valence-corrected chi connectivity index (χ0v) is 16.3. The van der Waals surface area contributed by atoms with Crippen molar-refractivity contribution in [1.29, 1.82) is 0 Å². The van der Waals surface area contributed by atoms with Gasteiger partial charge in [0.05, 0.1) is 19.2 Å². The monoisotopic (exact) mass is 403 g/mol. The molecule has 0 bridgehead atoms. The Morgan fingerprint density at radius 1 is 1.23 bits per heavy atom. The predicted octanol–water partition coefficient (Wildman–Crippen LogP) is 3.08. The van der Waals surface area contributed by atoms with Gasteiger partial charge in [-0.2, -0.15) is 0 Å². The molecule has 0 saturated heterocycles. The number of rotatable bonds is 4. The molecule has 0 radical (unpaired) electrons. The summed E-state index contributed by atoms with van der Waals surface area (Å²) in [6, 6.07) is 8.48. The maximum Gasteiger partial charge on any atom is 0.284 e. The van der Waals surface area contributed by atoms with Crippen LogP contribution in [0.25, 0.3) is 10.9 Å². The number of amidine groups is 1.